The number of anilines is 1. The quantitative estimate of drug-likeness (QED) is 0.0408. The predicted octanol–water partition coefficient (Wildman–Crippen LogP) is 7.74. The number of nitrogens with one attached hydrogen (secondary N) is 1. The summed E-state index contributed by atoms with van der Waals surface area (Å²) >= 11 is 0. The average Bonchev–Trinajstić information content (AvgIpc) is 3.31. The summed E-state index contributed by atoms with van der Waals surface area (Å²) in [5, 5.41) is 27.4. The zero-order valence-corrected chi connectivity index (χ0v) is 38.2. The second-order valence-electron chi connectivity index (χ2n) is 17.0. The summed E-state index contributed by atoms with van der Waals surface area (Å²) in [6.07, 6.45) is 10.6. The molecule has 15 nitrogen and oxygen atoms in total. The zero-order chi connectivity index (χ0) is 46.1. The molecule has 0 radical (unpaired) electrons. The van der Waals surface area contributed by atoms with Gasteiger partial charge in [0.25, 0.3) is 0 Å². The van der Waals surface area contributed by atoms with Crippen LogP contribution >= 0.6 is 0 Å². The van der Waals surface area contributed by atoms with E-state index >= 15 is 0 Å². The highest BCUT2D eigenvalue weighted by Gasteiger charge is 2.65. The molecule has 2 heterocycles. The minimum Gasteiger partial charge on any atom is -0.496 e. The van der Waals surface area contributed by atoms with Gasteiger partial charge in [-0.3, -0.25) is 9.59 Å². The van der Waals surface area contributed by atoms with Gasteiger partial charge in [0.15, 0.2) is 6.29 Å². The highest BCUT2D eigenvalue weighted by Crippen LogP contribution is 2.62. The van der Waals surface area contributed by atoms with Crippen molar-refractivity contribution >= 4 is 33.6 Å². The first-order valence-corrected chi connectivity index (χ1v) is 23.9. The molecule has 4 aliphatic rings. The first-order valence-electron chi connectivity index (χ1n) is 22.5. The zero-order valence-electron chi connectivity index (χ0n) is 37.4. The van der Waals surface area contributed by atoms with Crippen LogP contribution in [-0.4, -0.2) is 99.5 Å². The number of rotatable bonds is 21. The number of likely N-dealkylation sites (N-methyl/N-ethyl adjacent to an activating group) is 1. The maximum absolute atomic E-state index is 14.9. The van der Waals surface area contributed by atoms with Crippen molar-refractivity contribution in [1.82, 2.24) is 4.31 Å². The number of nitrogens with zero attached hydrogens (tertiary/aromatic N) is 2. The largest absolute Gasteiger partial charge is 0.496 e. The molecular weight excluding hydrogens is 855 g/mol. The molecule has 350 valence electrons. The van der Waals surface area contributed by atoms with Gasteiger partial charge in [0, 0.05) is 57.2 Å². The number of unbranched alkanes of at least 4 members (excludes halogenated alkanes) is 2. The van der Waals surface area contributed by atoms with E-state index in [0.717, 1.165) is 36.8 Å². The molecular formula is C49H61N3O12S. The summed E-state index contributed by atoms with van der Waals surface area (Å²) in [5.41, 5.74) is 2.95. The van der Waals surface area contributed by atoms with E-state index in [4.69, 9.17) is 33.7 Å². The van der Waals surface area contributed by atoms with Gasteiger partial charge in [0.1, 0.15) is 23.0 Å². The SMILES string of the molecule is C=CCO[C@@]12Oc3ccc(Oc4ccc(OC)c(C=O)c4)cc3[C@H]3[C@H](CCCCO)[C@@H](CCCCO)C=C(C(=NOC4CCCCO4)C[C@@H]1N(C)S(=O)(=O)c1ccc(NC(C)=O)cc1)[C@H]32. The summed E-state index contributed by atoms with van der Waals surface area (Å²) in [6, 6.07) is 15.5. The lowest BCUT2D eigenvalue weighted by Crippen LogP contribution is -2.69. The van der Waals surface area contributed by atoms with Crippen LogP contribution in [0.25, 0.3) is 0 Å². The fourth-order valence-electron chi connectivity index (χ4n) is 9.93. The lowest BCUT2D eigenvalue weighted by atomic mass is 9.55. The molecule has 3 aromatic rings. The van der Waals surface area contributed by atoms with E-state index in [9.17, 15) is 28.2 Å². The van der Waals surface area contributed by atoms with Crippen molar-refractivity contribution < 1.29 is 56.7 Å². The second-order valence-corrected chi connectivity index (χ2v) is 19.0. The highest BCUT2D eigenvalue weighted by molar-refractivity contribution is 7.89. The van der Waals surface area contributed by atoms with E-state index in [2.05, 4.69) is 18.0 Å². The number of aldehydes is 1. The van der Waals surface area contributed by atoms with Gasteiger partial charge in [-0.05, 0) is 117 Å². The van der Waals surface area contributed by atoms with Crippen LogP contribution in [0.3, 0.4) is 0 Å². The average molecular weight is 916 g/mol. The van der Waals surface area contributed by atoms with E-state index < -0.39 is 34.1 Å². The normalized spacial score (nSPS) is 25.4. The summed E-state index contributed by atoms with van der Waals surface area (Å²) in [5.74, 6) is -1.26. The summed E-state index contributed by atoms with van der Waals surface area (Å²) in [7, 11) is -1.26. The molecule has 3 aromatic carbocycles. The van der Waals surface area contributed by atoms with Gasteiger partial charge in [-0.1, -0.05) is 30.1 Å². The van der Waals surface area contributed by atoms with Gasteiger partial charge >= 0.3 is 0 Å². The maximum atomic E-state index is 14.9. The molecule has 16 heteroatoms. The number of hydrogen-bond donors (Lipinski definition) is 3. The Morgan fingerprint density at radius 3 is 2.43 bits per heavy atom. The van der Waals surface area contributed by atoms with Gasteiger partial charge in [-0.15, -0.1) is 6.58 Å². The van der Waals surface area contributed by atoms with Crippen LogP contribution in [0.1, 0.15) is 93.0 Å². The van der Waals surface area contributed by atoms with E-state index in [1.807, 2.05) is 12.1 Å². The van der Waals surface area contributed by atoms with Crippen molar-refractivity contribution in [2.75, 3.05) is 45.9 Å². The van der Waals surface area contributed by atoms with Crippen LogP contribution in [0, 0.1) is 17.8 Å². The van der Waals surface area contributed by atoms with Crippen molar-refractivity contribution in [1.29, 1.82) is 0 Å². The molecule has 1 saturated carbocycles. The lowest BCUT2D eigenvalue weighted by molar-refractivity contribution is -0.250. The van der Waals surface area contributed by atoms with Gasteiger partial charge in [0.2, 0.25) is 28.0 Å². The minimum atomic E-state index is -4.28. The lowest BCUT2D eigenvalue weighted by Gasteiger charge is -2.59. The van der Waals surface area contributed by atoms with Crippen molar-refractivity contribution in [2.24, 2.45) is 22.9 Å². The number of aliphatic hydroxyl groups excluding tert-OH is 2. The highest BCUT2D eigenvalue weighted by atomic mass is 32.2. The standard InChI is InChI=1S/C49H61N3O12S/c1-5-25-61-49-45(52(3)65(57,58)38-19-15-35(16-20-38)50-32(2)56)30-42(51-64-46-14-8-11-26-60-46)40-28-33(12-6-9-23-53)39(13-7-10-24-54)47(48(40)49)41-29-37(18-22-44(41)63-49)62-36-17-21-43(59-4)34(27-36)31-55/h5,15-22,27-29,31,33,39,45-48,53-54H,1,6-14,23-26,30H2,2-4H3,(H,50,56)/t33-,39+,45-,46?,47+,48+,49+/m0/s1. The fourth-order valence-corrected chi connectivity index (χ4v) is 11.3. The topological polar surface area (TPSA) is 192 Å². The molecule has 3 N–H and O–H groups in total. The number of ether oxygens (including phenoxy) is 5. The number of methoxy groups -OCH3 is 1. The third-order valence-corrected chi connectivity index (χ3v) is 14.8. The Kier molecular flexibility index (Phi) is 15.8. The van der Waals surface area contributed by atoms with Crippen LogP contribution in [-0.2, 0) is 29.1 Å². The molecule has 2 aliphatic heterocycles. The number of allylic oxidation sites excluding steroid dienone is 1. The molecule has 7 atom stereocenters. The molecule has 0 bridgehead atoms. The van der Waals surface area contributed by atoms with Crippen molar-refractivity contribution in [3.8, 4) is 23.0 Å². The van der Waals surface area contributed by atoms with E-state index in [-0.39, 0.29) is 54.8 Å². The van der Waals surface area contributed by atoms with Crippen LogP contribution in [0.4, 0.5) is 5.69 Å². The number of oxime groups is 1. The smallest absolute Gasteiger partial charge is 0.243 e. The Labute approximate surface area is 381 Å². The Hall–Kier alpha value is -5.10. The number of hydrogen-bond acceptors (Lipinski definition) is 13. The number of aliphatic hydroxyl groups is 2. The molecule has 65 heavy (non-hydrogen) atoms. The fraction of sp³-hybridized carbons (Fsp3) is 0.490. The van der Waals surface area contributed by atoms with Crippen molar-refractivity contribution in [3.63, 3.8) is 0 Å². The van der Waals surface area contributed by atoms with Crippen LogP contribution < -0.4 is 19.5 Å². The second kappa shape index (κ2) is 21.5. The van der Waals surface area contributed by atoms with Crippen molar-refractivity contribution in [3.05, 3.63) is 96.1 Å². The Morgan fingerprint density at radius 1 is 1.02 bits per heavy atom. The molecule has 2 fully saturated rings. The number of fused-ring (bicyclic) bond motifs is 2. The molecule has 1 amide bonds. The van der Waals surface area contributed by atoms with E-state index in [0.29, 0.717) is 85.0 Å². The third-order valence-electron chi connectivity index (χ3n) is 12.9. The van der Waals surface area contributed by atoms with Gasteiger partial charge < -0.3 is 44.1 Å². The van der Waals surface area contributed by atoms with E-state index in [1.54, 1.807) is 42.5 Å². The molecule has 0 aromatic heterocycles. The molecule has 1 saturated heterocycles. The Morgan fingerprint density at radius 2 is 1.75 bits per heavy atom. The Bertz CT molecular complexity index is 2330. The van der Waals surface area contributed by atoms with Crippen LogP contribution in [0.15, 0.2) is 95.0 Å². The first-order chi connectivity index (χ1) is 31.5. The summed E-state index contributed by atoms with van der Waals surface area (Å²) in [6.45, 7) is 6.00. The van der Waals surface area contributed by atoms with Crippen molar-refractivity contribution in [2.45, 2.75) is 100 Å². The summed E-state index contributed by atoms with van der Waals surface area (Å²) < 4.78 is 63.1. The molecule has 0 spiro atoms. The minimum absolute atomic E-state index is 0.0000495. The number of carbonyl (C=O) groups is 2. The monoisotopic (exact) mass is 915 g/mol. The Balaban J connectivity index is 1.43. The predicted molar refractivity (Wildman–Crippen MR) is 244 cm³/mol. The molecule has 1 unspecified atom stereocenters. The van der Waals surface area contributed by atoms with Gasteiger partial charge in [0.05, 0.1) is 48.5 Å². The number of amides is 1. The first kappa shape index (κ1) is 47.9. The maximum Gasteiger partial charge on any atom is 0.243 e. The summed E-state index contributed by atoms with van der Waals surface area (Å²) in [4.78, 5) is 29.9. The van der Waals surface area contributed by atoms with Crippen LogP contribution in [0.2, 0.25) is 0 Å². The van der Waals surface area contributed by atoms with Gasteiger partial charge in [-0.25, -0.2) is 8.42 Å². The number of sulfonamides is 1. The number of benzene rings is 3. The molecule has 2 aliphatic carbocycles. The van der Waals surface area contributed by atoms with Crippen LogP contribution in [0.5, 0.6) is 23.0 Å². The molecule has 7 rings (SSSR count). The van der Waals surface area contributed by atoms with E-state index in [1.165, 1.54) is 37.5 Å². The third kappa shape index (κ3) is 10.3. The number of carbonyl (C=O) groups excluding carboxylic acids is 2. The van der Waals surface area contributed by atoms with Gasteiger partial charge in [-0.2, -0.15) is 4.31 Å².